The highest BCUT2D eigenvalue weighted by molar-refractivity contribution is 6.30. The van der Waals surface area contributed by atoms with E-state index >= 15 is 0 Å². The number of amides is 2. The van der Waals surface area contributed by atoms with Crippen LogP contribution in [0.1, 0.15) is 10.4 Å². The molecule has 0 saturated heterocycles. The molecule has 0 spiro atoms. The van der Waals surface area contributed by atoms with Gasteiger partial charge in [0, 0.05) is 10.6 Å². The van der Waals surface area contributed by atoms with Crippen LogP contribution in [0.4, 0.5) is 0 Å². The first-order valence-electron chi connectivity index (χ1n) is 6.18. The molecule has 0 aliphatic carbocycles. The predicted octanol–water partition coefficient (Wildman–Crippen LogP) is 2.18. The van der Waals surface area contributed by atoms with Crippen LogP contribution in [0.3, 0.4) is 0 Å². The SMILES string of the molecule is O=C(COc1ccc(Cl)cc1)NNC(=O)c1ccccc1. The lowest BCUT2D eigenvalue weighted by Crippen LogP contribution is -2.43. The molecule has 6 heteroatoms. The van der Waals surface area contributed by atoms with E-state index in [0.717, 1.165) is 0 Å². The summed E-state index contributed by atoms with van der Waals surface area (Å²) in [7, 11) is 0. The van der Waals surface area contributed by atoms with Crippen LogP contribution in [-0.4, -0.2) is 18.4 Å². The molecule has 5 nitrogen and oxygen atoms in total. The van der Waals surface area contributed by atoms with Crippen LogP contribution in [0, 0.1) is 0 Å². The Labute approximate surface area is 126 Å². The lowest BCUT2D eigenvalue weighted by atomic mass is 10.2. The van der Waals surface area contributed by atoms with Crippen molar-refractivity contribution in [3.05, 3.63) is 65.2 Å². The van der Waals surface area contributed by atoms with Gasteiger partial charge in [0.1, 0.15) is 5.75 Å². The zero-order valence-electron chi connectivity index (χ0n) is 11.0. The Kier molecular flexibility index (Phi) is 5.17. The second-order valence-corrected chi connectivity index (χ2v) is 4.55. The third kappa shape index (κ3) is 4.81. The molecular weight excluding hydrogens is 292 g/mol. The highest BCUT2D eigenvalue weighted by Gasteiger charge is 2.07. The maximum absolute atomic E-state index is 11.7. The Bertz CT molecular complexity index is 615. The number of carbonyl (C=O) groups excluding carboxylic acids is 2. The van der Waals surface area contributed by atoms with E-state index in [-0.39, 0.29) is 6.61 Å². The van der Waals surface area contributed by atoms with Crippen LogP contribution in [0.15, 0.2) is 54.6 Å². The van der Waals surface area contributed by atoms with Gasteiger partial charge in [-0.25, -0.2) is 0 Å². The molecule has 2 aromatic rings. The Hall–Kier alpha value is -2.53. The molecule has 0 aliphatic rings. The van der Waals surface area contributed by atoms with Crippen LogP contribution in [-0.2, 0) is 4.79 Å². The van der Waals surface area contributed by atoms with Gasteiger partial charge in [-0.05, 0) is 36.4 Å². The molecule has 0 aromatic heterocycles. The van der Waals surface area contributed by atoms with E-state index in [1.807, 2.05) is 0 Å². The molecule has 108 valence electrons. The van der Waals surface area contributed by atoms with E-state index in [4.69, 9.17) is 16.3 Å². The predicted molar refractivity (Wildman–Crippen MR) is 79.0 cm³/mol. The number of ether oxygens (including phenoxy) is 1. The molecule has 0 bridgehead atoms. The minimum atomic E-state index is -0.464. The molecule has 2 rings (SSSR count). The molecule has 21 heavy (non-hydrogen) atoms. The third-order valence-electron chi connectivity index (χ3n) is 2.53. The second-order valence-electron chi connectivity index (χ2n) is 4.11. The van der Waals surface area contributed by atoms with E-state index in [0.29, 0.717) is 16.3 Å². The number of rotatable bonds is 4. The van der Waals surface area contributed by atoms with Crippen molar-refractivity contribution < 1.29 is 14.3 Å². The zero-order valence-corrected chi connectivity index (χ0v) is 11.8. The average molecular weight is 305 g/mol. The summed E-state index contributed by atoms with van der Waals surface area (Å²) in [6.07, 6.45) is 0. The molecule has 0 fully saturated rings. The fourth-order valence-electron chi connectivity index (χ4n) is 1.50. The fraction of sp³-hybridized carbons (Fsp3) is 0.0667. The average Bonchev–Trinajstić information content (AvgIpc) is 2.53. The summed E-state index contributed by atoms with van der Waals surface area (Å²) in [6.45, 7) is -0.212. The number of nitrogens with one attached hydrogen (secondary N) is 2. The molecular formula is C15H13ClN2O3. The van der Waals surface area contributed by atoms with Crippen molar-refractivity contribution in [3.63, 3.8) is 0 Å². The van der Waals surface area contributed by atoms with E-state index in [1.54, 1.807) is 54.6 Å². The molecule has 0 atom stereocenters. The number of hydrogen-bond acceptors (Lipinski definition) is 3. The van der Waals surface area contributed by atoms with Gasteiger partial charge in [-0.15, -0.1) is 0 Å². The third-order valence-corrected chi connectivity index (χ3v) is 2.79. The van der Waals surface area contributed by atoms with Crippen LogP contribution in [0.5, 0.6) is 5.75 Å². The molecule has 0 saturated carbocycles. The maximum atomic E-state index is 11.7. The molecule has 2 amide bonds. The van der Waals surface area contributed by atoms with Gasteiger partial charge in [-0.3, -0.25) is 20.4 Å². The number of hydrazine groups is 1. The first-order valence-corrected chi connectivity index (χ1v) is 6.55. The first kappa shape index (κ1) is 14.9. The lowest BCUT2D eigenvalue weighted by molar-refractivity contribution is -0.123. The van der Waals surface area contributed by atoms with Gasteiger partial charge in [-0.1, -0.05) is 29.8 Å². The van der Waals surface area contributed by atoms with E-state index in [1.165, 1.54) is 0 Å². The number of benzene rings is 2. The Morgan fingerprint density at radius 3 is 2.29 bits per heavy atom. The van der Waals surface area contributed by atoms with Crippen LogP contribution >= 0.6 is 11.6 Å². The van der Waals surface area contributed by atoms with Crippen LogP contribution in [0.25, 0.3) is 0 Å². The molecule has 2 aromatic carbocycles. The van der Waals surface area contributed by atoms with E-state index in [2.05, 4.69) is 10.9 Å². The van der Waals surface area contributed by atoms with Gasteiger partial charge < -0.3 is 4.74 Å². The van der Waals surface area contributed by atoms with Gasteiger partial charge in [0.15, 0.2) is 6.61 Å². The molecule has 2 N–H and O–H groups in total. The summed E-state index contributed by atoms with van der Waals surface area (Å²) in [6, 6.07) is 15.2. The monoisotopic (exact) mass is 304 g/mol. The smallest absolute Gasteiger partial charge is 0.276 e. The first-order chi connectivity index (χ1) is 10.1. The van der Waals surface area contributed by atoms with Gasteiger partial charge in [-0.2, -0.15) is 0 Å². The summed E-state index contributed by atoms with van der Waals surface area (Å²) in [5.41, 5.74) is 5.03. The van der Waals surface area contributed by atoms with Gasteiger partial charge in [0.25, 0.3) is 11.8 Å². The summed E-state index contributed by atoms with van der Waals surface area (Å²) in [5.74, 6) is -0.339. The highest BCUT2D eigenvalue weighted by Crippen LogP contribution is 2.15. The zero-order chi connectivity index (χ0) is 15.1. The number of carbonyl (C=O) groups is 2. The largest absolute Gasteiger partial charge is 0.484 e. The van der Waals surface area contributed by atoms with Crippen molar-refractivity contribution >= 4 is 23.4 Å². The quantitative estimate of drug-likeness (QED) is 0.851. The van der Waals surface area contributed by atoms with Crippen molar-refractivity contribution in [3.8, 4) is 5.75 Å². The Morgan fingerprint density at radius 2 is 1.62 bits per heavy atom. The second kappa shape index (κ2) is 7.31. The van der Waals surface area contributed by atoms with E-state index in [9.17, 15) is 9.59 Å². The summed E-state index contributed by atoms with van der Waals surface area (Å²) in [4.78, 5) is 23.2. The minimum absolute atomic E-state index is 0.212. The Morgan fingerprint density at radius 1 is 0.952 bits per heavy atom. The summed E-state index contributed by atoms with van der Waals surface area (Å²) in [5, 5.41) is 0.585. The van der Waals surface area contributed by atoms with Crippen molar-refractivity contribution in [2.75, 3.05) is 6.61 Å². The standard InChI is InChI=1S/C15H13ClN2O3/c16-12-6-8-13(9-7-12)21-10-14(19)17-18-15(20)11-4-2-1-3-5-11/h1-9H,10H2,(H,17,19)(H,18,20). The molecule has 0 aliphatic heterocycles. The van der Waals surface area contributed by atoms with Crippen LogP contribution in [0.2, 0.25) is 5.02 Å². The normalized spacial score (nSPS) is 9.76. The fourth-order valence-corrected chi connectivity index (χ4v) is 1.63. The number of halogens is 1. The van der Waals surface area contributed by atoms with Gasteiger partial charge in [0.2, 0.25) is 0 Å². The lowest BCUT2D eigenvalue weighted by Gasteiger charge is -2.08. The van der Waals surface area contributed by atoms with Crippen molar-refractivity contribution in [1.29, 1.82) is 0 Å². The van der Waals surface area contributed by atoms with Crippen molar-refractivity contribution in [2.24, 2.45) is 0 Å². The highest BCUT2D eigenvalue weighted by atomic mass is 35.5. The van der Waals surface area contributed by atoms with Crippen molar-refractivity contribution in [2.45, 2.75) is 0 Å². The van der Waals surface area contributed by atoms with E-state index < -0.39 is 11.8 Å². The topological polar surface area (TPSA) is 67.4 Å². The van der Waals surface area contributed by atoms with Gasteiger partial charge >= 0.3 is 0 Å². The molecule has 0 unspecified atom stereocenters. The molecule has 0 heterocycles. The summed E-state index contributed by atoms with van der Waals surface area (Å²) < 4.78 is 5.24. The molecule has 0 radical (unpaired) electrons. The van der Waals surface area contributed by atoms with Crippen molar-refractivity contribution in [1.82, 2.24) is 10.9 Å². The minimum Gasteiger partial charge on any atom is -0.484 e. The maximum Gasteiger partial charge on any atom is 0.276 e. The number of hydrogen-bond donors (Lipinski definition) is 2. The van der Waals surface area contributed by atoms with Gasteiger partial charge in [0.05, 0.1) is 0 Å². The van der Waals surface area contributed by atoms with Crippen LogP contribution < -0.4 is 15.6 Å². The Balaban J connectivity index is 1.75. The summed E-state index contributed by atoms with van der Waals surface area (Å²) >= 11 is 5.73.